The van der Waals surface area contributed by atoms with Crippen molar-refractivity contribution < 1.29 is 28.6 Å². The second-order valence-electron chi connectivity index (χ2n) is 16.2. The number of hydrogen-bond acceptors (Lipinski definition) is 6. The van der Waals surface area contributed by atoms with Gasteiger partial charge in [0.15, 0.2) is 11.6 Å². The minimum absolute atomic E-state index is 0.0893. The summed E-state index contributed by atoms with van der Waals surface area (Å²) in [6.07, 6.45) is 19.4. The van der Waals surface area contributed by atoms with Crippen LogP contribution in [0, 0.1) is 0 Å². The van der Waals surface area contributed by atoms with Crippen LogP contribution in [-0.4, -0.2) is 38.7 Å². The highest BCUT2D eigenvalue weighted by Crippen LogP contribution is 2.50. The van der Waals surface area contributed by atoms with Crippen LogP contribution in [0.15, 0.2) is 77.9 Å². The van der Waals surface area contributed by atoms with E-state index in [0.717, 1.165) is 107 Å². The number of hydrogen-bond donors (Lipinski definition) is 0. The molecule has 0 saturated carbocycles. The van der Waals surface area contributed by atoms with Gasteiger partial charge in [0, 0.05) is 36.0 Å². The number of allylic oxidation sites excluding steroid dienone is 4. The van der Waals surface area contributed by atoms with E-state index in [1.807, 2.05) is 18.2 Å². The van der Waals surface area contributed by atoms with Gasteiger partial charge in [-0.2, -0.15) is 0 Å². The fraction of sp³-hybridized carbons (Fsp3) is 0.500. The molecule has 0 spiro atoms. The molecule has 5 aliphatic carbocycles. The Balaban J connectivity index is 0.000000144. The first-order valence-electron chi connectivity index (χ1n) is 21.2. The number of ketones is 3. The average Bonchev–Trinajstić information content (AvgIpc) is 3.57. The van der Waals surface area contributed by atoms with Crippen LogP contribution >= 0.6 is 0 Å². The number of benzene rings is 3. The van der Waals surface area contributed by atoms with Gasteiger partial charge in [-0.25, -0.2) is 0 Å². The van der Waals surface area contributed by atoms with Gasteiger partial charge in [0.05, 0.1) is 21.3 Å². The molecule has 298 valence electrons. The summed E-state index contributed by atoms with van der Waals surface area (Å²) < 4.78 is 16.0. The van der Waals surface area contributed by atoms with Crippen LogP contribution in [0.5, 0.6) is 17.2 Å². The predicted octanol–water partition coefficient (Wildman–Crippen LogP) is 11.0. The minimum Gasteiger partial charge on any atom is -0.497 e. The summed E-state index contributed by atoms with van der Waals surface area (Å²) in [7, 11) is 5.12. The second-order valence-corrected chi connectivity index (χ2v) is 16.2. The predicted molar refractivity (Wildman–Crippen MR) is 224 cm³/mol. The van der Waals surface area contributed by atoms with Crippen molar-refractivity contribution in [3.63, 3.8) is 0 Å². The maximum atomic E-state index is 11.9. The van der Waals surface area contributed by atoms with Crippen LogP contribution in [0.3, 0.4) is 0 Å². The molecule has 3 aromatic rings. The Hall–Kier alpha value is -4.45. The SMILES string of the molecule is CCC1C(=O)CCCc2cc(OC)ccc21.CC[C@@]12CCC(=O)C=C1CCCc1cc(OC)ccc12.CC[C@]12CCC(=O)C=C1CCCc1cc(OC)ccc12. The summed E-state index contributed by atoms with van der Waals surface area (Å²) in [5.74, 6) is 3.88. The summed E-state index contributed by atoms with van der Waals surface area (Å²) in [6, 6.07) is 19.1. The molecule has 0 radical (unpaired) electrons. The molecule has 0 N–H and O–H groups in total. The maximum Gasteiger partial charge on any atom is 0.155 e. The zero-order valence-corrected chi connectivity index (χ0v) is 34.7. The molecular weight excluding hydrogens is 697 g/mol. The third-order valence-electron chi connectivity index (χ3n) is 13.5. The molecule has 3 atom stereocenters. The number of Topliss-reactive ketones (excluding diaryl/α,β-unsaturated/α-hetero) is 1. The Bertz CT molecular complexity index is 1880. The summed E-state index contributed by atoms with van der Waals surface area (Å²) in [6.45, 7) is 6.59. The zero-order chi connectivity index (χ0) is 39.9. The van der Waals surface area contributed by atoms with E-state index in [0.29, 0.717) is 30.2 Å². The lowest BCUT2D eigenvalue weighted by Gasteiger charge is -2.38. The van der Waals surface area contributed by atoms with Gasteiger partial charge in [0.25, 0.3) is 0 Å². The summed E-state index contributed by atoms with van der Waals surface area (Å²) in [5, 5.41) is 0. The molecular formula is C50H62O6. The van der Waals surface area contributed by atoms with E-state index in [2.05, 4.69) is 69.3 Å². The lowest BCUT2D eigenvalue weighted by atomic mass is 9.65. The monoisotopic (exact) mass is 758 g/mol. The van der Waals surface area contributed by atoms with E-state index in [1.165, 1.54) is 44.5 Å². The summed E-state index contributed by atoms with van der Waals surface area (Å²) >= 11 is 0. The fourth-order valence-electron chi connectivity index (χ4n) is 10.4. The Morgan fingerprint density at radius 2 is 0.964 bits per heavy atom. The molecule has 3 aromatic carbocycles. The molecule has 0 saturated heterocycles. The highest BCUT2D eigenvalue weighted by Gasteiger charge is 2.41. The molecule has 0 heterocycles. The van der Waals surface area contributed by atoms with Crippen molar-refractivity contribution in [1.82, 2.24) is 0 Å². The van der Waals surface area contributed by atoms with Crippen molar-refractivity contribution in [2.75, 3.05) is 21.3 Å². The fourth-order valence-corrected chi connectivity index (χ4v) is 10.4. The maximum absolute atomic E-state index is 11.9. The van der Waals surface area contributed by atoms with E-state index >= 15 is 0 Å². The Morgan fingerprint density at radius 1 is 0.536 bits per heavy atom. The molecule has 0 amide bonds. The lowest BCUT2D eigenvalue weighted by Crippen LogP contribution is -2.32. The number of carbonyl (C=O) groups is 3. The van der Waals surface area contributed by atoms with Crippen LogP contribution in [0.25, 0.3) is 0 Å². The van der Waals surface area contributed by atoms with E-state index in [1.54, 1.807) is 21.3 Å². The molecule has 0 aromatic heterocycles. The highest BCUT2D eigenvalue weighted by atomic mass is 16.5. The third-order valence-corrected chi connectivity index (χ3v) is 13.5. The van der Waals surface area contributed by atoms with Gasteiger partial charge in [0.2, 0.25) is 0 Å². The summed E-state index contributed by atoms with van der Waals surface area (Å²) in [4.78, 5) is 35.5. The molecule has 6 nitrogen and oxygen atoms in total. The average molecular weight is 759 g/mol. The van der Waals surface area contributed by atoms with E-state index in [9.17, 15) is 14.4 Å². The second kappa shape index (κ2) is 18.2. The van der Waals surface area contributed by atoms with E-state index in [4.69, 9.17) is 14.2 Å². The van der Waals surface area contributed by atoms with Crippen LogP contribution < -0.4 is 14.2 Å². The number of methoxy groups -OCH3 is 3. The lowest BCUT2D eigenvalue weighted by molar-refractivity contribution is -0.120. The Kier molecular flexibility index (Phi) is 13.4. The number of aryl methyl sites for hydroxylation is 3. The number of ether oxygens (including phenoxy) is 3. The van der Waals surface area contributed by atoms with Gasteiger partial charge in [-0.1, -0.05) is 50.1 Å². The first-order valence-corrected chi connectivity index (χ1v) is 21.2. The quantitative estimate of drug-likeness (QED) is 0.233. The number of fused-ring (bicyclic) bond motifs is 7. The Morgan fingerprint density at radius 3 is 1.41 bits per heavy atom. The van der Waals surface area contributed by atoms with Crippen molar-refractivity contribution in [2.45, 2.75) is 140 Å². The number of carbonyl (C=O) groups excluding carboxylic acids is 3. The molecule has 56 heavy (non-hydrogen) atoms. The van der Waals surface area contributed by atoms with Crippen molar-refractivity contribution in [1.29, 1.82) is 0 Å². The van der Waals surface area contributed by atoms with Gasteiger partial charge in [-0.15, -0.1) is 0 Å². The van der Waals surface area contributed by atoms with E-state index in [-0.39, 0.29) is 16.7 Å². The van der Waals surface area contributed by atoms with Gasteiger partial charge < -0.3 is 14.2 Å². The van der Waals surface area contributed by atoms with Crippen molar-refractivity contribution >= 4 is 17.3 Å². The molecule has 1 unspecified atom stereocenters. The minimum atomic E-state index is 0.0893. The van der Waals surface area contributed by atoms with Crippen LogP contribution in [0.2, 0.25) is 0 Å². The van der Waals surface area contributed by atoms with E-state index < -0.39 is 0 Å². The standard InChI is InChI=1S/2C18H22O2.C14H18O2/c2*1-3-18-10-9-15(19)12-14(18)6-4-5-13-11-16(20-2)7-8-17(13)18;1-3-12-13-8-7-11(16-2)9-10(13)5-4-6-14(12)15/h2*7-8,11-12H,3-6,9-10H2,1-2H3;7-9,12H,3-6H2,1-2H3/t2*18-;/m10./s1. The van der Waals surface area contributed by atoms with Crippen molar-refractivity contribution in [3.05, 3.63) is 111 Å². The normalized spacial score (nSPS) is 23.8. The highest BCUT2D eigenvalue weighted by molar-refractivity contribution is 5.93. The third kappa shape index (κ3) is 8.31. The molecule has 0 bridgehead atoms. The smallest absolute Gasteiger partial charge is 0.155 e. The van der Waals surface area contributed by atoms with Gasteiger partial charge in [-0.05, 0) is 165 Å². The first kappa shape index (κ1) is 41.2. The van der Waals surface area contributed by atoms with Gasteiger partial charge >= 0.3 is 0 Å². The van der Waals surface area contributed by atoms with Crippen molar-refractivity contribution in [2.24, 2.45) is 0 Å². The molecule has 5 aliphatic rings. The molecule has 0 aliphatic heterocycles. The zero-order valence-electron chi connectivity index (χ0n) is 34.7. The first-order chi connectivity index (χ1) is 27.1. The molecule has 6 heteroatoms. The number of rotatable bonds is 6. The summed E-state index contributed by atoms with van der Waals surface area (Å²) in [5.41, 5.74) is 11.1. The van der Waals surface area contributed by atoms with Crippen LogP contribution in [-0.2, 0) is 44.5 Å². The van der Waals surface area contributed by atoms with Crippen LogP contribution in [0.1, 0.15) is 144 Å². The van der Waals surface area contributed by atoms with Crippen LogP contribution in [0.4, 0.5) is 0 Å². The van der Waals surface area contributed by atoms with Gasteiger partial charge in [-0.3, -0.25) is 14.4 Å². The topological polar surface area (TPSA) is 78.9 Å². The van der Waals surface area contributed by atoms with Crippen molar-refractivity contribution in [3.8, 4) is 17.2 Å². The van der Waals surface area contributed by atoms with Gasteiger partial charge in [0.1, 0.15) is 23.0 Å². The molecule has 0 fully saturated rings. The largest absolute Gasteiger partial charge is 0.497 e. The Labute approximate surface area is 335 Å². The molecule has 8 rings (SSSR count).